The highest BCUT2D eigenvalue weighted by Crippen LogP contribution is 2.13. The number of rotatable bonds is 7. The standard InChI is InChI=1S/C13H26N2O3.ClH/c1-10(14)6-7-15-13(16)11(2)18-9-12-5-3-4-8-17-12;/h10-12H,3-9,14H2,1-2H3,(H,15,16);1H. The van der Waals surface area contributed by atoms with Crippen LogP contribution in [-0.2, 0) is 14.3 Å². The normalized spacial score (nSPS) is 22.2. The highest BCUT2D eigenvalue weighted by molar-refractivity contribution is 5.85. The number of hydrogen-bond donors (Lipinski definition) is 2. The van der Waals surface area contributed by atoms with Crippen LogP contribution in [0.3, 0.4) is 0 Å². The molecule has 0 spiro atoms. The van der Waals surface area contributed by atoms with Crippen molar-refractivity contribution in [2.75, 3.05) is 19.8 Å². The van der Waals surface area contributed by atoms with Gasteiger partial charge in [-0.05, 0) is 39.5 Å². The van der Waals surface area contributed by atoms with Gasteiger partial charge < -0.3 is 20.5 Å². The third-order valence-corrected chi connectivity index (χ3v) is 3.07. The minimum Gasteiger partial charge on any atom is -0.376 e. The average molecular weight is 295 g/mol. The molecule has 0 aliphatic carbocycles. The largest absolute Gasteiger partial charge is 0.376 e. The van der Waals surface area contributed by atoms with Crippen molar-refractivity contribution in [3.8, 4) is 0 Å². The number of carbonyl (C=O) groups is 1. The Hall–Kier alpha value is -0.360. The molecule has 5 nitrogen and oxygen atoms in total. The van der Waals surface area contributed by atoms with Crippen LogP contribution < -0.4 is 11.1 Å². The molecule has 1 aliphatic heterocycles. The van der Waals surface area contributed by atoms with E-state index in [1.165, 1.54) is 6.42 Å². The van der Waals surface area contributed by atoms with E-state index in [0.29, 0.717) is 13.2 Å². The maximum absolute atomic E-state index is 11.7. The Labute approximate surface area is 122 Å². The van der Waals surface area contributed by atoms with Crippen LogP contribution in [0.15, 0.2) is 0 Å². The van der Waals surface area contributed by atoms with Gasteiger partial charge in [-0.15, -0.1) is 12.4 Å². The van der Waals surface area contributed by atoms with E-state index in [1.807, 2.05) is 6.92 Å². The molecule has 3 unspecified atom stereocenters. The summed E-state index contributed by atoms with van der Waals surface area (Å²) >= 11 is 0. The average Bonchev–Trinajstić information content (AvgIpc) is 2.36. The molecular weight excluding hydrogens is 268 g/mol. The summed E-state index contributed by atoms with van der Waals surface area (Å²) in [5.41, 5.74) is 5.61. The van der Waals surface area contributed by atoms with Crippen LogP contribution in [0.2, 0.25) is 0 Å². The van der Waals surface area contributed by atoms with Gasteiger partial charge in [-0.25, -0.2) is 0 Å². The molecule has 0 radical (unpaired) electrons. The molecule has 0 aromatic rings. The van der Waals surface area contributed by atoms with Gasteiger partial charge in [-0.1, -0.05) is 0 Å². The Morgan fingerprint density at radius 3 is 2.79 bits per heavy atom. The summed E-state index contributed by atoms with van der Waals surface area (Å²) in [6.07, 6.45) is 3.84. The van der Waals surface area contributed by atoms with Gasteiger partial charge in [0.1, 0.15) is 6.10 Å². The van der Waals surface area contributed by atoms with Gasteiger partial charge in [-0.2, -0.15) is 0 Å². The molecule has 6 heteroatoms. The molecule has 0 aromatic carbocycles. The molecule has 1 fully saturated rings. The highest BCUT2D eigenvalue weighted by atomic mass is 35.5. The number of hydrogen-bond acceptors (Lipinski definition) is 4. The van der Waals surface area contributed by atoms with Crippen molar-refractivity contribution in [3.63, 3.8) is 0 Å². The number of nitrogens with two attached hydrogens (primary N) is 1. The van der Waals surface area contributed by atoms with Gasteiger partial charge in [0.25, 0.3) is 0 Å². The Morgan fingerprint density at radius 2 is 2.21 bits per heavy atom. The van der Waals surface area contributed by atoms with Crippen molar-refractivity contribution in [2.45, 2.75) is 57.8 Å². The molecule has 3 N–H and O–H groups in total. The maximum Gasteiger partial charge on any atom is 0.248 e. The summed E-state index contributed by atoms with van der Waals surface area (Å²) in [5.74, 6) is -0.0774. The molecule has 1 rings (SSSR count). The number of nitrogens with one attached hydrogen (secondary N) is 1. The van der Waals surface area contributed by atoms with Crippen LogP contribution in [0.4, 0.5) is 0 Å². The van der Waals surface area contributed by atoms with Crippen LogP contribution in [-0.4, -0.2) is 43.9 Å². The minimum absolute atomic E-state index is 0. The molecule has 1 heterocycles. The molecule has 1 amide bonds. The second-order valence-corrected chi connectivity index (χ2v) is 5.02. The van der Waals surface area contributed by atoms with Crippen molar-refractivity contribution in [1.29, 1.82) is 0 Å². The molecule has 0 aromatic heterocycles. The molecule has 0 bridgehead atoms. The highest BCUT2D eigenvalue weighted by Gasteiger charge is 2.18. The lowest BCUT2D eigenvalue weighted by molar-refractivity contribution is -0.135. The van der Waals surface area contributed by atoms with E-state index in [-0.39, 0.29) is 30.5 Å². The van der Waals surface area contributed by atoms with Crippen LogP contribution in [0.25, 0.3) is 0 Å². The fraction of sp³-hybridized carbons (Fsp3) is 0.923. The lowest BCUT2D eigenvalue weighted by Crippen LogP contribution is -2.38. The lowest BCUT2D eigenvalue weighted by Gasteiger charge is -2.24. The third-order valence-electron chi connectivity index (χ3n) is 3.07. The molecule has 1 saturated heterocycles. The Bertz CT molecular complexity index is 246. The number of halogens is 1. The van der Waals surface area contributed by atoms with E-state index < -0.39 is 6.10 Å². The Balaban J connectivity index is 0.00000324. The predicted molar refractivity (Wildman–Crippen MR) is 77.5 cm³/mol. The summed E-state index contributed by atoms with van der Waals surface area (Å²) < 4.78 is 11.1. The fourth-order valence-electron chi connectivity index (χ4n) is 1.83. The molecular formula is C13H27ClN2O3. The van der Waals surface area contributed by atoms with Gasteiger partial charge >= 0.3 is 0 Å². The van der Waals surface area contributed by atoms with E-state index in [4.69, 9.17) is 15.2 Å². The second kappa shape index (κ2) is 10.4. The Kier molecular flexibility index (Phi) is 10.2. The van der Waals surface area contributed by atoms with Crippen molar-refractivity contribution in [3.05, 3.63) is 0 Å². The molecule has 0 saturated carbocycles. The first-order valence-corrected chi connectivity index (χ1v) is 6.86. The van der Waals surface area contributed by atoms with Gasteiger partial charge in [0.15, 0.2) is 0 Å². The summed E-state index contributed by atoms with van der Waals surface area (Å²) in [6, 6.07) is 0.108. The summed E-state index contributed by atoms with van der Waals surface area (Å²) in [6.45, 7) is 5.60. The zero-order chi connectivity index (χ0) is 13.4. The lowest BCUT2D eigenvalue weighted by atomic mass is 10.1. The summed E-state index contributed by atoms with van der Waals surface area (Å²) in [4.78, 5) is 11.7. The first-order valence-electron chi connectivity index (χ1n) is 6.86. The quantitative estimate of drug-likeness (QED) is 0.741. The maximum atomic E-state index is 11.7. The van der Waals surface area contributed by atoms with Crippen molar-refractivity contribution >= 4 is 18.3 Å². The van der Waals surface area contributed by atoms with Crippen LogP contribution >= 0.6 is 12.4 Å². The van der Waals surface area contributed by atoms with Crippen molar-refractivity contribution < 1.29 is 14.3 Å². The summed E-state index contributed by atoms with van der Waals surface area (Å²) in [5, 5.41) is 2.82. The monoisotopic (exact) mass is 294 g/mol. The van der Waals surface area contributed by atoms with Crippen LogP contribution in [0.1, 0.15) is 39.5 Å². The van der Waals surface area contributed by atoms with Crippen LogP contribution in [0, 0.1) is 0 Å². The number of amides is 1. The smallest absolute Gasteiger partial charge is 0.248 e. The fourth-order valence-corrected chi connectivity index (χ4v) is 1.83. The van der Waals surface area contributed by atoms with Gasteiger partial charge in [0, 0.05) is 19.2 Å². The van der Waals surface area contributed by atoms with E-state index >= 15 is 0 Å². The first-order chi connectivity index (χ1) is 8.59. The van der Waals surface area contributed by atoms with E-state index in [2.05, 4.69) is 5.32 Å². The molecule has 114 valence electrons. The zero-order valence-corrected chi connectivity index (χ0v) is 12.7. The molecule has 3 atom stereocenters. The van der Waals surface area contributed by atoms with Crippen molar-refractivity contribution in [2.24, 2.45) is 5.73 Å². The minimum atomic E-state index is -0.427. The summed E-state index contributed by atoms with van der Waals surface area (Å²) in [7, 11) is 0. The van der Waals surface area contributed by atoms with Gasteiger partial charge in [0.05, 0.1) is 12.7 Å². The second-order valence-electron chi connectivity index (χ2n) is 5.02. The van der Waals surface area contributed by atoms with Crippen molar-refractivity contribution in [1.82, 2.24) is 5.32 Å². The van der Waals surface area contributed by atoms with Gasteiger partial charge in [0.2, 0.25) is 5.91 Å². The molecule has 19 heavy (non-hydrogen) atoms. The first kappa shape index (κ1) is 18.6. The topological polar surface area (TPSA) is 73.6 Å². The number of carbonyl (C=O) groups excluding carboxylic acids is 1. The van der Waals surface area contributed by atoms with Crippen LogP contribution in [0.5, 0.6) is 0 Å². The van der Waals surface area contributed by atoms with Gasteiger partial charge in [-0.3, -0.25) is 4.79 Å². The zero-order valence-electron chi connectivity index (χ0n) is 11.9. The Morgan fingerprint density at radius 1 is 1.47 bits per heavy atom. The predicted octanol–water partition coefficient (Wildman–Crippen LogP) is 1.24. The van der Waals surface area contributed by atoms with E-state index in [1.54, 1.807) is 6.92 Å². The SMILES string of the molecule is CC(N)CCNC(=O)C(C)OCC1CCCCO1.Cl. The van der Waals surface area contributed by atoms with E-state index in [0.717, 1.165) is 25.9 Å². The third kappa shape index (κ3) is 8.42. The number of ether oxygens (including phenoxy) is 2. The van der Waals surface area contributed by atoms with E-state index in [9.17, 15) is 4.79 Å². The molecule has 1 aliphatic rings.